The molecule has 1 aromatic rings. The molecule has 114 valence electrons. The summed E-state index contributed by atoms with van der Waals surface area (Å²) in [7, 11) is 0. The van der Waals surface area contributed by atoms with Crippen LogP contribution in [0.1, 0.15) is 64.9 Å². The van der Waals surface area contributed by atoms with Gasteiger partial charge < -0.3 is 10.1 Å². The Kier molecular flexibility index (Phi) is 9.14. The van der Waals surface area contributed by atoms with Crippen LogP contribution in [0.3, 0.4) is 0 Å². The summed E-state index contributed by atoms with van der Waals surface area (Å²) < 4.78 is 5.61. The third-order valence-electron chi connectivity index (χ3n) is 3.53. The first-order valence-corrected chi connectivity index (χ1v) is 8.25. The molecule has 1 unspecified atom stereocenters. The van der Waals surface area contributed by atoms with Gasteiger partial charge in [0.05, 0.1) is 6.61 Å². The molecule has 0 saturated carbocycles. The van der Waals surface area contributed by atoms with E-state index in [-0.39, 0.29) is 0 Å². The first-order valence-electron chi connectivity index (χ1n) is 8.25. The highest BCUT2D eigenvalue weighted by atomic mass is 16.5. The second-order valence-corrected chi connectivity index (χ2v) is 5.50. The van der Waals surface area contributed by atoms with Gasteiger partial charge in [-0.2, -0.15) is 0 Å². The fraction of sp³-hybridized carbons (Fsp3) is 0.667. The van der Waals surface area contributed by atoms with Gasteiger partial charge >= 0.3 is 0 Å². The summed E-state index contributed by atoms with van der Waals surface area (Å²) in [5.41, 5.74) is 1.34. The van der Waals surface area contributed by atoms with Gasteiger partial charge in [0.25, 0.3) is 0 Å². The Morgan fingerprint density at radius 1 is 0.950 bits per heavy atom. The lowest BCUT2D eigenvalue weighted by Gasteiger charge is -2.18. The Balaban J connectivity index is 2.38. The van der Waals surface area contributed by atoms with E-state index in [1.54, 1.807) is 0 Å². The maximum atomic E-state index is 5.61. The first-order chi connectivity index (χ1) is 9.80. The molecule has 0 heterocycles. The zero-order valence-electron chi connectivity index (χ0n) is 13.5. The Morgan fingerprint density at radius 2 is 1.70 bits per heavy atom. The van der Waals surface area contributed by atoms with Gasteiger partial charge in [0, 0.05) is 12.6 Å². The van der Waals surface area contributed by atoms with E-state index in [0.29, 0.717) is 6.04 Å². The van der Waals surface area contributed by atoms with Crippen molar-refractivity contribution in [1.82, 2.24) is 5.32 Å². The van der Waals surface area contributed by atoms with Gasteiger partial charge in [0.1, 0.15) is 5.75 Å². The summed E-state index contributed by atoms with van der Waals surface area (Å²) in [6.45, 7) is 8.41. The van der Waals surface area contributed by atoms with E-state index in [4.69, 9.17) is 4.74 Å². The maximum Gasteiger partial charge on any atom is 0.119 e. The number of unbranched alkanes of at least 4 members (excludes halogenated alkanes) is 1. The molecule has 2 nitrogen and oxygen atoms in total. The second-order valence-electron chi connectivity index (χ2n) is 5.50. The standard InChI is InChI=1S/C18H31NO/c1-4-7-9-17(8-5-2)19-15-16-10-12-18(13-11-16)20-14-6-3/h10-13,17,19H,4-9,14-15H2,1-3H3. The molecule has 2 heteroatoms. The molecule has 1 atom stereocenters. The van der Waals surface area contributed by atoms with E-state index in [9.17, 15) is 0 Å². The van der Waals surface area contributed by atoms with Crippen LogP contribution in [0, 0.1) is 0 Å². The van der Waals surface area contributed by atoms with Gasteiger partial charge in [0.15, 0.2) is 0 Å². The van der Waals surface area contributed by atoms with Gasteiger partial charge in [0.2, 0.25) is 0 Å². The number of rotatable bonds is 11. The van der Waals surface area contributed by atoms with E-state index < -0.39 is 0 Å². The molecule has 1 N–H and O–H groups in total. The van der Waals surface area contributed by atoms with Crippen LogP contribution in [-0.4, -0.2) is 12.6 Å². The van der Waals surface area contributed by atoms with Crippen LogP contribution in [0.25, 0.3) is 0 Å². The van der Waals surface area contributed by atoms with Gasteiger partial charge in [-0.1, -0.05) is 52.2 Å². The third-order valence-corrected chi connectivity index (χ3v) is 3.53. The quantitative estimate of drug-likeness (QED) is 0.619. The van der Waals surface area contributed by atoms with Crippen molar-refractivity contribution in [3.05, 3.63) is 29.8 Å². The minimum atomic E-state index is 0.663. The van der Waals surface area contributed by atoms with E-state index in [1.807, 2.05) is 0 Å². The lowest BCUT2D eigenvalue weighted by atomic mass is 10.0. The van der Waals surface area contributed by atoms with Crippen molar-refractivity contribution in [3.8, 4) is 5.75 Å². The lowest BCUT2D eigenvalue weighted by molar-refractivity contribution is 0.317. The lowest BCUT2D eigenvalue weighted by Crippen LogP contribution is -2.28. The average Bonchev–Trinajstić information content (AvgIpc) is 2.49. The molecular formula is C18H31NO. The van der Waals surface area contributed by atoms with Gasteiger partial charge in [-0.25, -0.2) is 0 Å². The number of ether oxygens (including phenoxy) is 1. The van der Waals surface area contributed by atoms with E-state index in [0.717, 1.165) is 25.3 Å². The molecule has 1 aromatic carbocycles. The van der Waals surface area contributed by atoms with Crippen molar-refractivity contribution in [1.29, 1.82) is 0 Å². The SMILES string of the molecule is CCCCC(CCC)NCc1ccc(OCCC)cc1. The zero-order chi connectivity index (χ0) is 14.6. The Hall–Kier alpha value is -1.02. The summed E-state index contributed by atoms with van der Waals surface area (Å²) >= 11 is 0. The third kappa shape index (κ3) is 6.95. The molecule has 0 radical (unpaired) electrons. The molecule has 1 rings (SSSR count). The molecule has 0 spiro atoms. The average molecular weight is 277 g/mol. The van der Waals surface area contributed by atoms with E-state index in [1.165, 1.54) is 37.7 Å². The van der Waals surface area contributed by atoms with Crippen LogP contribution in [0.4, 0.5) is 0 Å². The normalized spacial score (nSPS) is 12.3. The monoisotopic (exact) mass is 277 g/mol. The van der Waals surface area contributed by atoms with E-state index in [2.05, 4.69) is 50.4 Å². The molecule has 0 aliphatic carbocycles. The summed E-state index contributed by atoms with van der Waals surface area (Å²) in [5.74, 6) is 0.978. The molecule has 0 aliphatic rings. The molecule has 0 bridgehead atoms. The van der Waals surface area contributed by atoms with Gasteiger partial charge in [-0.3, -0.25) is 0 Å². The minimum Gasteiger partial charge on any atom is -0.494 e. The van der Waals surface area contributed by atoms with Crippen molar-refractivity contribution in [3.63, 3.8) is 0 Å². The van der Waals surface area contributed by atoms with Crippen LogP contribution in [0.2, 0.25) is 0 Å². The minimum absolute atomic E-state index is 0.663. The largest absolute Gasteiger partial charge is 0.494 e. The van der Waals surface area contributed by atoms with Crippen molar-refractivity contribution < 1.29 is 4.74 Å². The van der Waals surface area contributed by atoms with Gasteiger partial charge in [-0.15, -0.1) is 0 Å². The fourth-order valence-corrected chi connectivity index (χ4v) is 2.33. The number of benzene rings is 1. The molecule has 20 heavy (non-hydrogen) atoms. The number of hydrogen-bond acceptors (Lipinski definition) is 2. The maximum absolute atomic E-state index is 5.61. The summed E-state index contributed by atoms with van der Waals surface area (Å²) in [6, 6.07) is 9.15. The van der Waals surface area contributed by atoms with Crippen molar-refractivity contribution in [2.45, 2.75) is 71.9 Å². The fourth-order valence-electron chi connectivity index (χ4n) is 2.33. The number of nitrogens with one attached hydrogen (secondary N) is 1. The van der Waals surface area contributed by atoms with Crippen molar-refractivity contribution in [2.24, 2.45) is 0 Å². The predicted octanol–water partition coefficient (Wildman–Crippen LogP) is 4.92. The first kappa shape index (κ1) is 17.0. The Labute approximate surface area is 124 Å². The summed E-state index contributed by atoms with van der Waals surface area (Å²) in [4.78, 5) is 0. The molecule has 0 aromatic heterocycles. The van der Waals surface area contributed by atoms with Crippen LogP contribution in [0.15, 0.2) is 24.3 Å². The number of hydrogen-bond donors (Lipinski definition) is 1. The van der Waals surface area contributed by atoms with Crippen molar-refractivity contribution >= 4 is 0 Å². The Morgan fingerprint density at radius 3 is 2.30 bits per heavy atom. The van der Waals surface area contributed by atoms with Crippen LogP contribution >= 0.6 is 0 Å². The van der Waals surface area contributed by atoms with Crippen LogP contribution in [-0.2, 0) is 6.54 Å². The highest BCUT2D eigenvalue weighted by Crippen LogP contribution is 2.13. The predicted molar refractivity (Wildman–Crippen MR) is 87.3 cm³/mol. The van der Waals surface area contributed by atoms with Crippen LogP contribution < -0.4 is 10.1 Å². The summed E-state index contributed by atoms with van der Waals surface area (Å²) in [6.07, 6.45) is 7.48. The highest BCUT2D eigenvalue weighted by Gasteiger charge is 2.06. The smallest absolute Gasteiger partial charge is 0.119 e. The second kappa shape index (κ2) is 10.7. The molecule has 0 saturated heterocycles. The molecular weight excluding hydrogens is 246 g/mol. The van der Waals surface area contributed by atoms with E-state index >= 15 is 0 Å². The molecule has 0 fully saturated rings. The molecule has 0 aliphatic heterocycles. The zero-order valence-corrected chi connectivity index (χ0v) is 13.5. The van der Waals surface area contributed by atoms with Crippen LogP contribution in [0.5, 0.6) is 5.75 Å². The summed E-state index contributed by atoms with van der Waals surface area (Å²) in [5, 5.41) is 3.69. The topological polar surface area (TPSA) is 21.3 Å². The van der Waals surface area contributed by atoms with Gasteiger partial charge in [-0.05, 0) is 37.0 Å². The molecule has 0 amide bonds. The highest BCUT2D eigenvalue weighted by molar-refractivity contribution is 5.27. The van der Waals surface area contributed by atoms with Crippen molar-refractivity contribution in [2.75, 3.05) is 6.61 Å². The Bertz CT molecular complexity index is 334.